The lowest BCUT2D eigenvalue weighted by Crippen LogP contribution is -2.29. The Morgan fingerprint density at radius 1 is 1.35 bits per heavy atom. The van der Waals surface area contributed by atoms with Crippen LogP contribution in [0.5, 0.6) is 5.75 Å². The number of aromatic carboxylic acids is 1. The minimum Gasteiger partial charge on any atom is -0.492 e. The van der Waals surface area contributed by atoms with E-state index in [1.165, 1.54) is 6.20 Å². The van der Waals surface area contributed by atoms with Crippen LogP contribution in [-0.4, -0.2) is 60.9 Å². The van der Waals surface area contributed by atoms with Crippen molar-refractivity contribution in [2.24, 2.45) is 5.92 Å². The number of benzene rings is 1. The van der Waals surface area contributed by atoms with E-state index in [4.69, 9.17) is 10.00 Å². The Bertz CT molecular complexity index is 1100. The van der Waals surface area contributed by atoms with Gasteiger partial charge in [0.05, 0.1) is 29.8 Å². The monoisotopic (exact) mass is 424 g/mol. The maximum absolute atomic E-state index is 12.8. The van der Waals surface area contributed by atoms with Crippen molar-refractivity contribution in [3.8, 4) is 11.8 Å². The van der Waals surface area contributed by atoms with Crippen LogP contribution in [-0.2, 0) is 0 Å². The van der Waals surface area contributed by atoms with E-state index in [2.05, 4.69) is 15.9 Å². The predicted molar refractivity (Wildman–Crippen MR) is 118 cm³/mol. The van der Waals surface area contributed by atoms with Gasteiger partial charge in [-0.25, -0.2) is 4.79 Å². The molecule has 8 heteroatoms. The molecule has 1 aromatic heterocycles. The number of hydrogen-bond donors (Lipinski definition) is 1. The topological polar surface area (TPSA) is 98.8 Å². The van der Waals surface area contributed by atoms with E-state index in [0.717, 1.165) is 51.1 Å². The number of carbonyl (C=O) groups is 1. The molecule has 1 saturated heterocycles. The van der Waals surface area contributed by atoms with Crippen LogP contribution in [0.25, 0.3) is 10.9 Å². The molecule has 1 aromatic carbocycles. The molecule has 1 N–H and O–H groups in total. The number of nitriles is 1. The third-order valence-electron chi connectivity index (χ3n) is 6.30. The maximum atomic E-state index is 12.8. The standard InChI is InChI=1S/C23H28N4O4/c1-25(10-3-9-24)12-15-8-11-26(13-15)19-7-6-17-20(22(19)31-2)27(16-4-5-16)14-18(21(17)28)23(29)30/h6-7,14-16H,3-5,8,10-13H2,1-2H3,(H,29,30). The molecule has 2 aliphatic rings. The molecular formula is C23H28N4O4. The summed E-state index contributed by atoms with van der Waals surface area (Å²) in [7, 11) is 3.65. The molecule has 0 amide bonds. The zero-order valence-corrected chi connectivity index (χ0v) is 18.0. The quantitative estimate of drug-likeness (QED) is 0.696. The number of hydrogen-bond acceptors (Lipinski definition) is 6. The lowest BCUT2D eigenvalue weighted by atomic mass is 10.1. The minimum atomic E-state index is -1.20. The van der Waals surface area contributed by atoms with Gasteiger partial charge in [-0.15, -0.1) is 0 Å². The highest BCUT2D eigenvalue weighted by Gasteiger charge is 2.31. The van der Waals surface area contributed by atoms with Crippen molar-refractivity contribution < 1.29 is 14.6 Å². The molecular weight excluding hydrogens is 396 g/mol. The number of carboxylic acids is 1. The molecule has 1 atom stereocenters. The second kappa shape index (κ2) is 8.60. The van der Waals surface area contributed by atoms with Crippen LogP contribution in [0.1, 0.15) is 42.1 Å². The van der Waals surface area contributed by atoms with Gasteiger partial charge in [-0.1, -0.05) is 0 Å². The lowest BCUT2D eigenvalue weighted by Gasteiger charge is -2.25. The Morgan fingerprint density at radius 3 is 2.77 bits per heavy atom. The van der Waals surface area contributed by atoms with Crippen molar-refractivity contribution in [2.75, 3.05) is 45.2 Å². The molecule has 1 unspecified atom stereocenters. The van der Waals surface area contributed by atoms with Crippen LogP contribution >= 0.6 is 0 Å². The first-order chi connectivity index (χ1) is 14.9. The molecule has 2 fully saturated rings. The molecule has 2 aromatic rings. The zero-order valence-electron chi connectivity index (χ0n) is 18.0. The van der Waals surface area contributed by atoms with E-state index in [1.807, 2.05) is 17.7 Å². The number of pyridine rings is 1. The highest BCUT2D eigenvalue weighted by Crippen LogP contribution is 2.43. The van der Waals surface area contributed by atoms with Crippen molar-refractivity contribution in [1.82, 2.24) is 9.47 Å². The van der Waals surface area contributed by atoms with Crippen molar-refractivity contribution >= 4 is 22.6 Å². The summed E-state index contributed by atoms with van der Waals surface area (Å²) < 4.78 is 7.74. The second-order valence-electron chi connectivity index (χ2n) is 8.60. The van der Waals surface area contributed by atoms with E-state index >= 15 is 0 Å². The molecule has 0 bridgehead atoms. The fourth-order valence-electron chi connectivity index (χ4n) is 4.62. The van der Waals surface area contributed by atoms with Gasteiger partial charge in [-0.05, 0) is 44.4 Å². The number of rotatable bonds is 8. The van der Waals surface area contributed by atoms with Gasteiger partial charge in [0, 0.05) is 44.8 Å². The SMILES string of the molecule is COc1c(N2CCC(CN(C)CCC#N)C2)ccc2c(=O)c(C(=O)O)cn(C3CC3)c12. The normalized spacial score (nSPS) is 18.5. The fraction of sp³-hybridized carbons (Fsp3) is 0.522. The highest BCUT2D eigenvalue weighted by atomic mass is 16.5. The van der Waals surface area contributed by atoms with E-state index in [0.29, 0.717) is 29.0 Å². The Kier molecular flexibility index (Phi) is 5.88. The van der Waals surface area contributed by atoms with E-state index < -0.39 is 11.4 Å². The summed E-state index contributed by atoms with van der Waals surface area (Å²) in [4.78, 5) is 28.9. The van der Waals surface area contributed by atoms with Gasteiger partial charge in [0.15, 0.2) is 5.75 Å². The molecule has 8 nitrogen and oxygen atoms in total. The minimum absolute atomic E-state index is 0.198. The highest BCUT2D eigenvalue weighted by molar-refractivity contribution is 5.97. The summed E-state index contributed by atoms with van der Waals surface area (Å²) in [5, 5.41) is 18.7. The van der Waals surface area contributed by atoms with Gasteiger partial charge in [0.25, 0.3) is 0 Å². The van der Waals surface area contributed by atoms with Crippen molar-refractivity contribution in [1.29, 1.82) is 5.26 Å². The molecule has 31 heavy (non-hydrogen) atoms. The summed E-state index contributed by atoms with van der Waals surface area (Å²) in [5.74, 6) is -0.0757. The van der Waals surface area contributed by atoms with Gasteiger partial charge in [-0.2, -0.15) is 5.26 Å². The third kappa shape index (κ3) is 4.10. The van der Waals surface area contributed by atoms with Crippen LogP contribution < -0.4 is 15.1 Å². The first kappa shape index (κ1) is 21.2. The maximum Gasteiger partial charge on any atom is 0.341 e. The van der Waals surface area contributed by atoms with Crippen LogP contribution in [0.4, 0.5) is 5.69 Å². The third-order valence-corrected chi connectivity index (χ3v) is 6.30. The largest absolute Gasteiger partial charge is 0.492 e. The summed E-state index contributed by atoms with van der Waals surface area (Å²) in [5.41, 5.74) is 0.958. The predicted octanol–water partition coefficient (Wildman–Crippen LogP) is 2.71. The average molecular weight is 425 g/mol. The van der Waals surface area contributed by atoms with E-state index in [9.17, 15) is 14.7 Å². The summed E-state index contributed by atoms with van der Waals surface area (Å²) in [6.07, 6.45) is 4.98. The van der Waals surface area contributed by atoms with Gasteiger partial charge < -0.3 is 24.2 Å². The molecule has 1 aliphatic heterocycles. The Labute approximate surface area is 181 Å². The van der Waals surface area contributed by atoms with Crippen molar-refractivity contribution in [2.45, 2.75) is 31.7 Å². The summed E-state index contributed by atoms with van der Waals surface area (Å²) in [6.45, 7) is 3.47. The van der Waals surface area contributed by atoms with Crippen LogP contribution in [0.3, 0.4) is 0 Å². The van der Waals surface area contributed by atoms with E-state index in [1.54, 1.807) is 13.2 Å². The molecule has 1 saturated carbocycles. The van der Waals surface area contributed by atoms with Crippen LogP contribution in [0.15, 0.2) is 23.1 Å². The molecule has 2 heterocycles. The van der Waals surface area contributed by atoms with Crippen LogP contribution in [0.2, 0.25) is 0 Å². The second-order valence-corrected chi connectivity index (χ2v) is 8.60. The number of anilines is 1. The smallest absolute Gasteiger partial charge is 0.341 e. The zero-order chi connectivity index (χ0) is 22.1. The van der Waals surface area contributed by atoms with E-state index in [-0.39, 0.29) is 11.6 Å². The van der Waals surface area contributed by atoms with Gasteiger partial charge in [0.1, 0.15) is 5.56 Å². The Balaban J connectivity index is 1.69. The number of nitrogens with zero attached hydrogens (tertiary/aromatic N) is 4. The molecule has 0 radical (unpaired) electrons. The summed E-state index contributed by atoms with van der Waals surface area (Å²) in [6, 6.07) is 6.02. The number of aromatic nitrogens is 1. The number of ether oxygens (including phenoxy) is 1. The Hall–Kier alpha value is -3.05. The number of carboxylic acid groups (broad SMARTS) is 1. The Morgan fingerprint density at radius 2 is 2.13 bits per heavy atom. The molecule has 4 rings (SSSR count). The van der Waals surface area contributed by atoms with Gasteiger partial charge >= 0.3 is 5.97 Å². The molecule has 0 spiro atoms. The van der Waals surface area contributed by atoms with Crippen LogP contribution in [0, 0.1) is 17.2 Å². The molecule has 1 aliphatic carbocycles. The van der Waals surface area contributed by atoms with Crippen molar-refractivity contribution in [3.63, 3.8) is 0 Å². The molecule has 164 valence electrons. The van der Waals surface area contributed by atoms with Gasteiger partial charge in [0.2, 0.25) is 5.43 Å². The van der Waals surface area contributed by atoms with Gasteiger partial charge in [-0.3, -0.25) is 4.79 Å². The lowest BCUT2D eigenvalue weighted by molar-refractivity contribution is 0.0695. The summed E-state index contributed by atoms with van der Waals surface area (Å²) >= 11 is 0. The first-order valence-corrected chi connectivity index (χ1v) is 10.7. The fourth-order valence-corrected chi connectivity index (χ4v) is 4.62. The first-order valence-electron chi connectivity index (χ1n) is 10.7. The van der Waals surface area contributed by atoms with Crippen molar-refractivity contribution in [3.05, 3.63) is 34.1 Å². The number of methoxy groups -OCH3 is 1. The average Bonchev–Trinajstić information content (AvgIpc) is 3.50. The number of fused-ring (bicyclic) bond motifs is 1.